The van der Waals surface area contributed by atoms with Crippen molar-refractivity contribution >= 4 is 0 Å². The predicted octanol–water partition coefficient (Wildman–Crippen LogP) is 2.86. The molecular weight excluding hydrogens is 172 g/mol. The normalized spacial score (nSPS) is 17.1. The molecule has 0 heterocycles. The Kier molecular flexibility index (Phi) is 3.44. The summed E-state index contributed by atoms with van der Waals surface area (Å²) in [6.07, 6.45) is 9.32. The van der Waals surface area contributed by atoms with E-state index >= 15 is 0 Å². The lowest BCUT2D eigenvalue weighted by molar-refractivity contribution is 0.317. The number of hydrogen-bond donors (Lipinski definition) is 0. The van der Waals surface area contributed by atoms with Crippen LogP contribution in [0.5, 0.6) is 5.75 Å². The zero-order valence-electron chi connectivity index (χ0n) is 8.02. The van der Waals surface area contributed by atoms with Crippen molar-refractivity contribution in [1.29, 1.82) is 0 Å². The fourth-order valence-electron chi connectivity index (χ4n) is 1.38. The number of benzene rings is 1. The minimum atomic E-state index is 0.744. The maximum atomic E-state index is 5.58. The van der Waals surface area contributed by atoms with E-state index in [9.17, 15) is 0 Å². The smallest absolute Gasteiger partial charge is 0.119 e. The summed E-state index contributed by atoms with van der Waals surface area (Å²) in [4.78, 5) is 0. The van der Waals surface area contributed by atoms with E-state index in [-0.39, 0.29) is 0 Å². The standard InChI is InChI=1S/C13H13O/c1-2-8-13(9-3-1)14-11-10-12-6-4-5-7-12/h1-9H,10-11H2. The highest BCUT2D eigenvalue weighted by Gasteiger charge is 2.16. The molecule has 1 nitrogen and oxygen atoms in total. The second-order valence-corrected chi connectivity index (χ2v) is 3.20. The Hall–Kier alpha value is -0.980. The van der Waals surface area contributed by atoms with Crippen LogP contribution in [-0.4, -0.2) is 6.61 Å². The van der Waals surface area contributed by atoms with Gasteiger partial charge in [0.1, 0.15) is 5.75 Å². The summed E-state index contributed by atoms with van der Waals surface area (Å²) in [6, 6.07) is 9.91. The summed E-state index contributed by atoms with van der Waals surface area (Å²) in [7, 11) is 0. The molecule has 0 saturated heterocycles. The van der Waals surface area contributed by atoms with E-state index in [1.165, 1.54) is 5.92 Å². The molecule has 0 aromatic heterocycles. The quantitative estimate of drug-likeness (QED) is 0.700. The van der Waals surface area contributed by atoms with Gasteiger partial charge in [0.2, 0.25) is 0 Å². The largest absolute Gasteiger partial charge is 0.494 e. The molecule has 71 valence electrons. The number of rotatable bonds is 4. The first-order chi connectivity index (χ1) is 6.95. The summed E-state index contributed by atoms with van der Waals surface area (Å²) in [6.45, 7) is 0.744. The molecule has 0 bridgehead atoms. The van der Waals surface area contributed by atoms with Crippen molar-refractivity contribution in [1.82, 2.24) is 0 Å². The molecule has 0 aliphatic heterocycles. The van der Waals surface area contributed by atoms with Crippen molar-refractivity contribution in [3.8, 4) is 5.75 Å². The third-order valence-electron chi connectivity index (χ3n) is 2.13. The SMILES string of the molecule is [CH]1[CH][CH][C](CCOc2ccccc2)[CH]1. The molecule has 0 N–H and O–H groups in total. The maximum Gasteiger partial charge on any atom is 0.119 e. The highest BCUT2D eigenvalue weighted by Crippen LogP contribution is 2.26. The van der Waals surface area contributed by atoms with Crippen LogP contribution in [0.3, 0.4) is 0 Å². The van der Waals surface area contributed by atoms with Crippen LogP contribution >= 0.6 is 0 Å². The van der Waals surface area contributed by atoms with Crippen LogP contribution in [0.2, 0.25) is 0 Å². The van der Waals surface area contributed by atoms with E-state index < -0.39 is 0 Å². The lowest BCUT2D eigenvalue weighted by atomic mass is 10.1. The van der Waals surface area contributed by atoms with Gasteiger partial charge < -0.3 is 4.74 Å². The van der Waals surface area contributed by atoms with Gasteiger partial charge in [-0.1, -0.05) is 18.2 Å². The first kappa shape index (κ1) is 9.57. The van der Waals surface area contributed by atoms with E-state index in [2.05, 4.69) is 25.7 Å². The van der Waals surface area contributed by atoms with Crippen LogP contribution < -0.4 is 4.74 Å². The lowest BCUT2D eigenvalue weighted by Crippen LogP contribution is -2.02. The van der Waals surface area contributed by atoms with Gasteiger partial charge in [-0.05, 0) is 50.2 Å². The third kappa shape index (κ3) is 2.76. The number of para-hydroxylation sites is 1. The molecular formula is C13H13O. The lowest BCUT2D eigenvalue weighted by Gasteiger charge is -2.09. The molecule has 2 rings (SSSR count). The molecule has 1 fully saturated rings. The highest BCUT2D eigenvalue weighted by molar-refractivity contribution is 5.35. The van der Waals surface area contributed by atoms with Crippen molar-refractivity contribution < 1.29 is 4.74 Å². The Morgan fingerprint density at radius 1 is 0.929 bits per heavy atom. The van der Waals surface area contributed by atoms with Crippen molar-refractivity contribution in [3.63, 3.8) is 0 Å². The van der Waals surface area contributed by atoms with Gasteiger partial charge in [0.15, 0.2) is 0 Å². The fraction of sp³-hybridized carbons (Fsp3) is 0.154. The Labute approximate surface area is 86.1 Å². The Morgan fingerprint density at radius 2 is 1.64 bits per heavy atom. The highest BCUT2D eigenvalue weighted by atomic mass is 16.5. The average molecular weight is 185 g/mol. The minimum Gasteiger partial charge on any atom is -0.494 e. The topological polar surface area (TPSA) is 9.23 Å². The van der Waals surface area contributed by atoms with Gasteiger partial charge in [-0.3, -0.25) is 0 Å². The van der Waals surface area contributed by atoms with Gasteiger partial charge in [0.05, 0.1) is 6.61 Å². The van der Waals surface area contributed by atoms with E-state index in [1.54, 1.807) is 0 Å². The molecule has 0 atom stereocenters. The van der Waals surface area contributed by atoms with Gasteiger partial charge in [-0.25, -0.2) is 0 Å². The third-order valence-corrected chi connectivity index (χ3v) is 2.13. The zero-order valence-corrected chi connectivity index (χ0v) is 8.02. The molecule has 1 aromatic carbocycles. The monoisotopic (exact) mass is 185 g/mol. The first-order valence-electron chi connectivity index (χ1n) is 4.83. The van der Waals surface area contributed by atoms with Crippen LogP contribution in [0.1, 0.15) is 6.42 Å². The van der Waals surface area contributed by atoms with Crippen LogP contribution in [0, 0.1) is 31.6 Å². The van der Waals surface area contributed by atoms with Crippen molar-refractivity contribution in [3.05, 3.63) is 61.9 Å². The molecule has 1 aliphatic carbocycles. The van der Waals surface area contributed by atoms with Crippen LogP contribution in [0.15, 0.2) is 30.3 Å². The van der Waals surface area contributed by atoms with E-state index in [1.807, 2.05) is 30.3 Å². The van der Waals surface area contributed by atoms with E-state index in [0.717, 1.165) is 18.8 Å². The minimum absolute atomic E-state index is 0.744. The molecule has 14 heavy (non-hydrogen) atoms. The van der Waals surface area contributed by atoms with Crippen LogP contribution in [0.25, 0.3) is 0 Å². The number of hydrogen-bond acceptors (Lipinski definition) is 1. The molecule has 0 amide bonds. The summed E-state index contributed by atoms with van der Waals surface area (Å²) in [5.41, 5.74) is 0. The van der Waals surface area contributed by atoms with Crippen molar-refractivity contribution in [2.45, 2.75) is 6.42 Å². The Bertz CT molecular complexity index is 249. The summed E-state index contributed by atoms with van der Waals surface area (Å²) >= 11 is 0. The molecule has 1 heteroatoms. The summed E-state index contributed by atoms with van der Waals surface area (Å²) < 4.78 is 5.58. The molecule has 5 radical (unpaired) electrons. The first-order valence-corrected chi connectivity index (χ1v) is 4.83. The van der Waals surface area contributed by atoms with Gasteiger partial charge in [-0.15, -0.1) is 0 Å². The molecule has 1 aromatic rings. The van der Waals surface area contributed by atoms with E-state index in [0.29, 0.717) is 0 Å². The van der Waals surface area contributed by atoms with Crippen LogP contribution in [-0.2, 0) is 0 Å². The Balaban J connectivity index is 1.67. The van der Waals surface area contributed by atoms with Gasteiger partial charge >= 0.3 is 0 Å². The molecule has 1 saturated carbocycles. The summed E-state index contributed by atoms with van der Waals surface area (Å²) in [5, 5.41) is 0. The zero-order chi connectivity index (χ0) is 9.64. The van der Waals surface area contributed by atoms with Gasteiger partial charge in [0.25, 0.3) is 0 Å². The molecule has 1 aliphatic rings. The van der Waals surface area contributed by atoms with E-state index in [4.69, 9.17) is 4.74 Å². The number of ether oxygens (including phenoxy) is 1. The van der Waals surface area contributed by atoms with Crippen LogP contribution in [0.4, 0.5) is 0 Å². The Morgan fingerprint density at radius 3 is 2.36 bits per heavy atom. The fourth-order valence-corrected chi connectivity index (χ4v) is 1.38. The molecule has 0 spiro atoms. The second kappa shape index (κ2) is 5.04. The van der Waals surface area contributed by atoms with Crippen molar-refractivity contribution in [2.24, 2.45) is 0 Å². The van der Waals surface area contributed by atoms with Crippen molar-refractivity contribution in [2.75, 3.05) is 6.61 Å². The van der Waals surface area contributed by atoms with Gasteiger partial charge in [-0.2, -0.15) is 0 Å². The second-order valence-electron chi connectivity index (χ2n) is 3.20. The maximum absolute atomic E-state index is 5.58. The average Bonchev–Trinajstić information content (AvgIpc) is 2.72. The molecule has 0 unspecified atom stereocenters. The van der Waals surface area contributed by atoms with Gasteiger partial charge in [0, 0.05) is 0 Å². The predicted molar refractivity (Wildman–Crippen MR) is 57.0 cm³/mol. The summed E-state index contributed by atoms with van der Waals surface area (Å²) in [5.74, 6) is 2.28.